The van der Waals surface area contributed by atoms with Crippen molar-refractivity contribution in [2.75, 3.05) is 18.0 Å². The van der Waals surface area contributed by atoms with Crippen LogP contribution in [0.15, 0.2) is 51.4 Å². The molecule has 2 heterocycles. The minimum atomic E-state index is -0.253. The number of fused-ring (bicyclic) bond motifs is 3. The van der Waals surface area contributed by atoms with E-state index in [2.05, 4.69) is 21.2 Å². The van der Waals surface area contributed by atoms with Crippen molar-refractivity contribution in [3.05, 3.63) is 64.1 Å². The first kappa shape index (κ1) is 15.2. The summed E-state index contributed by atoms with van der Waals surface area (Å²) in [6.45, 7) is 1.43. The number of hydrogen-bond donors (Lipinski definition) is 1. The summed E-state index contributed by atoms with van der Waals surface area (Å²) in [6.07, 6.45) is 0. The van der Waals surface area contributed by atoms with Crippen LogP contribution in [-0.2, 0) is 6.54 Å². The van der Waals surface area contributed by atoms with Crippen LogP contribution < -0.4 is 10.2 Å². The Kier molecular flexibility index (Phi) is 3.76. The number of nitrogens with zero attached hydrogens (tertiary/aromatic N) is 1. The first-order valence-electron chi connectivity index (χ1n) is 7.62. The first-order chi connectivity index (χ1) is 11.6. The molecule has 1 N–H and O–H groups in total. The zero-order chi connectivity index (χ0) is 16.7. The molecule has 0 unspecified atom stereocenters. The Morgan fingerprint density at radius 2 is 2.08 bits per heavy atom. The largest absolute Gasteiger partial charge is 0.449 e. The van der Waals surface area contributed by atoms with Gasteiger partial charge in [-0.2, -0.15) is 0 Å². The highest BCUT2D eigenvalue weighted by molar-refractivity contribution is 9.10. The molecule has 4 nitrogen and oxygen atoms in total. The zero-order valence-corrected chi connectivity index (χ0v) is 14.3. The summed E-state index contributed by atoms with van der Waals surface area (Å²) in [7, 11) is 0. The molecule has 1 aromatic heterocycles. The molecule has 3 aromatic rings. The van der Waals surface area contributed by atoms with Crippen molar-refractivity contribution in [3.63, 3.8) is 0 Å². The summed E-state index contributed by atoms with van der Waals surface area (Å²) >= 11 is 3.46. The second kappa shape index (κ2) is 5.94. The van der Waals surface area contributed by atoms with Crippen molar-refractivity contribution >= 4 is 38.5 Å². The van der Waals surface area contributed by atoms with Crippen molar-refractivity contribution in [1.29, 1.82) is 0 Å². The number of hydrogen-bond acceptors (Lipinski definition) is 3. The Hall–Kier alpha value is -2.34. The van der Waals surface area contributed by atoms with Crippen molar-refractivity contribution in [3.8, 4) is 0 Å². The Morgan fingerprint density at radius 1 is 1.25 bits per heavy atom. The average molecular weight is 389 g/mol. The minimum Gasteiger partial charge on any atom is -0.449 e. The molecule has 0 radical (unpaired) electrons. The van der Waals surface area contributed by atoms with Gasteiger partial charge in [0, 0.05) is 35.1 Å². The third-order valence-corrected chi connectivity index (χ3v) is 4.63. The molecule has 1 amide bonds. The monoisotopic (exact) mass is 388 g/mol. The molecular formula is C18H14BrFN2O2. The number of benzene rings is 2. The maximum atomic E-state index is 14.1. The summed E-state index contributed by atoms with van der Waals surface area (Å²) in [5.41, 5.74) is 1.94. The van der Waals surface area contributed by atoms with Crippen LogP contribution >= 0.6 is 15.9 Å². The second-order valence-corrected chi connectivity index (χ2v) is 6.60. The molecule has 0 spiro atoms. The van der Waals surface area contributed by atoms with Gasteiger partial charge in [0.25, 0.3) is 5.91 Å². The Balaban J connectivity index is 1.86. The van der Waals surface area contributed by atoms with E-state index in [-0.39, 0.29) is 17.5 Å². The third kappa shape index (κ3) is 2.57. The van der Waals surface area contributed by atoms with E-state index in [1.54, 1.807) is 12.1 Å². The van der Waals surface area contributed by atoms with Crippen LogP contribution in [0, 0.1) is 5.82 Å². The topological polar surface area (TPSA) is 45.5 Å². The molecule has 122 valence electrons. The smallest absolute Gasteiger partial charge is 0.289 e. The average Bonchev–Trinajstić information content (AvgIpc) is 2.87. The quantitative estimate of drug-likeness (QED) is 0.719. The molecule has 0 atom stereocenters. The number of halogens is 2. The number of amides is 1. The first-order valence-corrected chi connectivity index (χ1v) is 8.41. The molecule has 1 aliphatic heterocycles. The van der Waals surface area contributed by atoms with E-state index in [4.69, 9.17) is 4.42 Å². The molecular weight excluding hydrogens is 375 g/mol. The molecule has 0 fully saturated rings. The highest BCUT2D eigenvalue weighted by Gasteiger charge is 2.28. The summed E-state index contributed by atoms with van der Waals surface area (Å²) in [4.78, 5) is 14.3. The number of rotatable bonds is 2. The zero-order valence-electron chi connectivity index (χ0n) is 12.7. The van der Waals surface area contributed by atoms with Crippen LogP contribution in [0.25, 0.3) is 11.0 Å². The third-order valence-electron chi connectivity index (χ3n) is 4.13. The lowest BCUT2D eigenvalue weighted by atomic mass is 10.1. The molecule has 1 aliphatic rings. The Bertz CT molecular complexity index is 938. The van der Waals surface area contributed by atoms with E-state index < -0.39 is 0 Å². The van der Waals surface area contributed by atoms with Gasteiger partial charge in [-0.1, -0.05) is 34.1 Å². The van der Waals surface area contributed by atoms with E-state index in [0.717, 1.165) is 9.86 Å². The van der Waals surface area contributed by atoms with Crippen LogP contribution in [0.1, 0.15) is 16.1 Å². The number of carbonyl (C=O) groups excluding carboxylic acids is 1. The van der Waals surface area contributed by atoms with Gasteiger partial charge < -0.3 is 14.6 Å². The van der Waals surface area contributed by atoms with Gasteiger partial charge in [0.05, 0.1) is 5.69 Å². The number of anilines is 1. The second-order valence-electron chi connectivity index (χ2n) is 5.69. The number of furan rings is 1. The molecule has 6 heteroatoms. The number of carbonyl (C=O) groups is 1. The van der Waals surface area contributed by atoms with E-state index in [9.17, 15) is 9.18 Å². The lowest BCUT2D eigenvalue weighted by Gasteiger charge is -2.22. The summed E-state index contributed by atoms with van der Waals surface area (Å²) in [5, 5.41) is 3.67. The predicted octanol–water partition coefficient (Wildman–Crippen LogP) is 4.08. The molecule has 0 saturated carbocycles. The van der Waals surface area contributed by atoms with Gasteiger partial charge >= 0.3 is 0 Å². The van der Waals surface area contributed by atoms with Gasteiger partial charge in [-0.3, -0.25) is 4.79 Å². The van der Waals surface area contributed by atoms with Gasteiger partial charge in [0.2, 0.25) is 5.76 Å². The molecule has 24 heavy (non-hydrogen) atoms. The van der Waals surface area contributed by atoms with Crippen molar-refractivity contribution < 1.29 is 13.6 Å². The highest BCUT2D eigenvalue weighted by atomic mass is 79.9. The normalized spacial score (nSPS) is 14.4. The van der Waals surface area contributed by atoms with E-state index in [0.29, 0.717) is 36.5 Å². The fourth-order valence-corrected chi connectivity index (χ4v) is 3.37. The van der Waals surface area contributed by atoms with Crippen LogP contribution in [0.2, 0.25) is 0 Å². The van der Waals surface area contributed by atoms with Crippen molar-refractivity contribution in [2.45, 2.75) is 6.54 Å². The van der Waals surface area contributed by atoms with Crippen molar-refractivity contribution in [2.24, 2.45) is 0 Å². The van der Waals surface area contributed by atoms with Crippen LogP contribution in [0.5, 0.6) is 0 Å². The maximum Gasteiger partial charge on any atom is 0.289 e. The molecule has 0 aliphatic carbocycles. The van der Waals surface area contributed by atoms with E-state index in [1.807, 2.05) is 29.2 Å². The van der Waals surface area contributed by atoms with Gasteiger partial charge in [0.15, 0.2) is 0 Å². The molecule has 2 aromatic carbocycles. The van der Waals surface area contributed by atoms with Crippen LogP contribution in [0.3, 0.4) is 0 Å². The summed E-state index contributed by atoms with van der Waals surface area (Å²) in [5.74, 6) is -0.221. The summed E-state index contributed by atoms with van der Waals surface area (Å²) in [6, 6.07) is 12.3. The van der Waals surface area contributed by atoms with Gasteiger partial charge in [-0.25, -0.2) is 4.39 Å². The molecule has 4 rings (SSSR count). The van der Waals surface area contributed by atoms with Crippen LogP contribution in [-0.4, -0.2) is 19.0 Å². The standard InChI is InChI=1S/C18H14BrFN2O2/c19-12-5-6-15-13(9-12)16-17(24-15)18(23)21-7-8-22(16)10-11-3-1-2-4-14(11)20/h1-6,9H,7-8,10H2,(H,21,23). The minimum absolute atomic E-state index is 0.242. The highest BCUT2D eigenvalue weighted by Crippen LogP contribution is 2.37. The maximum absolute atomic E-state index is 14.1. The Morgan fingerprint density at radius 3 is 2.92 bits per heavy atom. The van der Waals surface area contributed by atoms with E-state index in [1.165, 1.54) is 6.07 Å². The van der Waals surface area contributed by atoms with Crippen LogP contribution in [0.4, 0.5) is 10.1 Å². The fraction of sp³-hybridized carbons (Fsp3) is 0.167. The SMILES string of the molecule is O=C1NCCN(Cc2ccccc2F)c2c1oc1ccc(Br)cc21. The van der Waals surface area contributed by atoms with E-state index >= 15 is 0 Å². The molecule has 0 bridgehead atoms. The lowest BCUT2D eigenvalue weighted by molar-refractivity contribution is 0.0933. The van der Waals surface area contributed by atoms with Gasteiger partial charge in [-0.15, -0.1) is 0 Å². The van der Waals surface area contributed by atoms with Gasteiger partial charge in [-0.05, 0) is 24.3 Å². The Labute approximate surface area is 146 Å². The summed E-state index contributed by atoms with van der Waals surface area (Å²) < 4.78 is 20.7. The lowest BCUT2D eigenvalue weighted by Crippen LogP contribution is -2.30. The molecule has 0 saturated heterocycles. The fourth-order valence-electron chi connectivity index (χ4n) is 3.01. The number of nitrogens with one attached hydrogen (secondary N) is 1. The van der Waals surface area contributed by atoms with Crippen molar-refractivity contribution in [1.82, 2.24) is 5.32 Å². The predicted molar refractivity (Wildman–Crippen MR) is 93.7 cm³/mol. The van der Waals surface area contributed by atoms with Gasteiger partial charge in [0.1, 0.15) is 11.4 Å².